The number of nitrogens with zero attached hydrogens (tertiary/aromatic N) is 3. The van der Waals surface area contributed by atoms with Gasteiger partial charge in [-0.3, -0.25) is 9.55 Å². The maximum Gasteiger partial charge on any atom is 0.149 e. The van der Waals surface area contributed by atoms with Crippen LogP contribution in [0.4, 0.5) is 0 Å². The molecule has 0 spiro atoms. The van der Waals surface area contributed by atoms with Crippen molar-refractivity contribution in [1.82, 2.24) is 14.5 Å². The van der Waals surface area contributed by atoms with Gasteiger partial charge in [-0.05, 0) is 71.0 Å². The van der Waals surface area contributed by atoms with Crippen molar-refractivity contribution < 1.29 is 5.11 Å². The zero-order valence-electron chi connectivity index (χ0n) is 27.0. The Morgan fingerprint density at radius 3 is 2.02 bits per heavy atom. The van der Waals surface area contributed by atoms with E-state index in [1.54, 1.807) is 0 Å². The zero-order chi connectivity index (χ0) is 31.4. The average molecular weight is 596 g/mol. The highest BCUT2D eigenvalue weighted by Gasteiger charge is 2.25. The highest BCUT2D eigenvalue weighted by atomic mass is 28.3. The molecule has 1 N–H and O–H groups in total. The van der Waals surface area contributed by atoms with E-state index >= 15 is 0 Å². The van der Waals surface area contributed by atoms with Gasteiger partial charge in [0.15, 0.2) is 0 Å². The first-order valence-electron chi connectivity index (χ1n) is 15.3. The molecule has 222 valence electrons. The molecule has 0 unspecified atom stereocenters. The van der Waals surface area contributed by atoms with Crippen molar-refractivity contribution in [3.63, 3.8) is 0 Å². The molecule has 6 rings (SSSR count). The van der Waals surface area contributed by atoms with Crippen LogP contribution < -0.4 is 5.19 Å². The van der Waals surface area contributed by atoms with Crippen molar-refractivity contribution in [1.29, 1.82) is 0 Å². The third kappa shape index (κ3) is 5.26. The Balaban J connectivity index is 1.59. The zero-order valence-corrected chi connectivity index (χ0v) is 28.0. The lowest BCUT2D eigenvalue weighted by atomic mass is 9.85. The van der Waals surface area contributed by atoms with Gasteiger partial charge in [0.25, 0.3) is 0 Å². The molecule has 6 aromatic rings. The molecule has 44 heavy (non-hydrogen) atoms. The van der Waals surface area contributed by atoms with E-state index < -0.39 is 8.07 Å². The lowest BCUT2D eigenvalue weighted by Crippen LogP contribution is -2.37. The molecule has 0 aliphatic rings. The maximum absolute atomic E-state index is 11.7. The Labute approximate surface area is 262 Å². The molecule has 0 saturated carbocycles. The first kappa shape index (κ1) is 29.6. The summed E-state index contributed by atoms with van der Waals surface area (Å²) in [4.78, 5) is 10.2. The van der Waals surface area contributed by atoms with E-state index in [0.717, 1.165) is 67.2 Å². The highest BCUT2D eigenvalue weighted by Crippen LogP contribution is 2.42. The van der Waals surface area contributed by atoms with Crippen LogP contribution in [0, 0.1) is 13.8 Å². The van der Waals surface area contributed by atoms with Crippen LogP contribution in [0.2, 0.25) is 19.6 Å². The smallest absolute Gasteiger partial charge is 0.149 e. The minimum atomic E-state index is -1.43. The van der Waals surface area contributed by atoms with Gasteiger partial charge in [0.05, 0.1) is 36.1 Å². The van der Waals surface area contributed by atoms with Gasteiger partial charge in [0.2, 0.25) is 0 Å². The molecule has 0 amide bonds. The van der Waals surface area contributed by atoms with E-state index in [4.69, 9.17) is 9.97 Å². The van der Waals surface area contributed by atoms with Gasteiger partial charge in [-0.1, -0.05) is 107 Å². The molecule has 0 saturated heterocycles. The maximum atomic E-state index is 11.7. The third-order valence-corrected chi connectivity index (χ3v) is 10.6. The predicted octanol–water partition coefficient (Wildman–Crippen LogP) is 9.59. The summed E-state index contributed by atoms with van der Waals surface area (Å²) < 4.78 is 2.23. The molecule has 0 aliphatic carbocycles. The summed E-state index contributed by atoms with van der Waals surface area (Å²) in [6.07, 6.45) is 2.05. The minimum Gasteiger partial charge on any atom is -0.507 e. The number of phenols is 1. The molecule has 2 aromatic heterocycles. The van der Waals surface area contributed by atoms with Gasteiger partial charge in [-0.25, -0.2) is 4.98 Å². The van der Waals surface area contributed by atoms with Crippen molar-refractivity contribution >= 4 is 24.3 Å². The number of fused-ring (bicyclic) bond motifs is 1. The number of phenolic OH excluding ortho intramolecular Hbond substituents is 1. The van der Waals surface area contributed by atoms with Crippen LogP contribution >= 0.6 is 0 Å². The number of rotatable bonds is 5. The number of para-hydroxylation sites is 3. The molecular formula is C39H41N3OSi. The van der Waals surface area contributed by atoms with E-state index in [1.807, 2.05) is 24.4 Å². The van der Waals surface area contributed by atoms with Crippen LogP contribution in [0.1, 0.15) is 37.5 Å². The van der Waals surface area contributed by atoms with Gasteiger partial charge in [-0.15, -0.1) is 0 Å². The Hall–Kier alpha value is -4.48. The van der Waals surface area contributed by atoms with E-state index in [1.165, 1.54) is 5.19 Å². The van der Waals surface area contributed by atoms with Crippen molar-refractivity contribution in [3.8, 4) is 45.2 Å². The highest BCUT2D eigenvalue weighted by molar-refractivity contribution is 6.88. The number of hydrogen-bond acceptors (Lipinski definition) is 3. The van der Waals surface area contributed by atoms with Crippen LogP contribution in [0.3, 0.4) is 0 Å². The topological polar surface area (TPSA) is 50.9 Å². The molecular weight excluding hydrogens is 555 g/mol. The van der Waals surface area contributed by atoms with Crippen molar-refractivity contribution in [2.45, 2.75) is 59.7 Å². The molecule has 5 heteroatoms. The lowest BCUT2D eigenvalue weighted by Gasteiger charge is -2.22. The van der Waals surface area contributed by atoms with Crippen molar-refractivity contribution in [2.75, 3.05) is 0 Å². The van der Waals surface area contributed by atoms with Gasteiger partial charge in [0.1, 0.15) is 11.6 Å². The van der Waals surface area contributed by atoms with Gasteiger partial charge in [-0.2, -0.15) is 0 Å². The van der Waals surface area contributed by atoms with Crippen molar-refractivity contribution in [2.24, 2.45) is 0 Å². The van der Waals surface area contributed by atoms with Crippen molar-refractivity contribution in [3.05, 3.63) is 114 Å². The molecule has 4 nitrogen and oxygen atoms in total. The first-order chi connectivity index (χ1) is 20.8. The fraction of sp³-hybridized carbons (Fsp3) is 0.231. The molecule has 4 aromatic carbocycles. The summed E-state index contributed by atoms with van der Waals surface area (Å²) in [6.45, 7) is 17.7. The van der Waals surface area contributed by atoms with Crippen LogP contribution in [0.25, 0.3) is 50.5 Å². The normalized spacial score (nSPS) is 12.2. The summed E-state index contributed by atoms with van der Waals surface area (Å²) in [6, 6.07) is 31.7. The molecule has 0 radical (unpaired) electrons. The number of aryl methyl sites for hydroxylation is 2. The molecule has 2 heterocycles. The summed E-state index contributed by atoms with van der Waals surface area (Å²) in [5.74, 6) is 1.01. The number of imidazole rings is 1. The van der Waals surface area contributed by atoms with E-state index in [-0.39, 0.29) is 11.2 Å². The second-order valence-electron chi connectivity index (χ2n) is 13.9. The second-order valence-corrected chi connectivity index (χ2v) is 19.0. The molecule has 0 aliphatic heterocycles. The minimum absolute atomic E-state index is 0.220. The number of hydrogen-bond donors (Lipinski definition) is 1. The van der Waals surface area contributed by atoms with Gasteiger partial charge in [0, 0.05) is 17.3 Å². The third-order valence-electron chi connectivity index (χ3n) is 8.53. The summed E-state index contributed by atoms with van der Waals surface area (Å²) >= 11 is 0. The number of aromatic nitrogens is 3. The Morgan fingerprint density at radius 2 is 1.36 bits per heavy atom. The van der Waals surface area contributed by atoms with Crippen LogP contribution in [-0.4, -0.2) is 27.7 Å². The van der Waals surface area contributed by atoms with Crippen LogP contribution in [-0.2, 0) is 5.41 Å². The Morgan fingerprint density at radius 1 is 0.727 bits per heavy atom. The summed E-state index contributed by atoms with van der Waals surface area (Å²) in [5.41, 5.74) is 10.8. The number of aromatic hydroxyl groups is 1. The van der Waals surface area contributed by atoms with Crippen LogP contribution in [0.15, 0.2) is 97.2 Å². The Kier molecular flexibility index (Phi) is 7.33. The molecule has 0 fully saturated rings. The summed E-state index contributed by atoms with van der Waals surface area (Å²) in [7, 11) is -1.43. The fourth-order valence-corrected chi connectivity index (χ4v) is 7.12. The standard InChI is InChI=1S/C39H41N3OSi/c1-25-13-9-14-26(2)36(25)42-34-20-12-17-30(35(34)41-38(42)31-18-11-19-32(37(31)43)39(3,4)5)27-15-10-16-28(23-27)33-22-21-29(24-40-33)44(6,7)8/h9-24,43H,1-8H3. The first-order valence-corrected chi connectivity index (χ1v) is 18.8. The van der Waals surface area contributed by atoms with E-state index in [0.29, 0.717) is 0 Å². The lowest BCUT2D eigenvalue weighted by molar-refractivity contribution is 0.448. The van der Waals surface area contributed by atoms with Gasteiger partial charge >= 0.3 is 0 Å². The predicted molar refractivity (Wildman–Crippen MR) is 188 cm³/mol. The second kappa shape index (κ2) is 10.9. The largest absolute Gasteiger partial charge is 0.507 e. The summed E-state index contributed by atoms with van der Waals surface area (Å²) in [5, 5.41) is 13.0. The van der Waals surface area contributed by atoms with E-state index in [2.05, 4.69) is 132 Å². The number of pyridine rings is 1. The molecule has 0 bridgehead atoms. The van der Waals surface area contributed by atoms with E-state index in [9.17, 15) is 5.11 Å². The van der Waals surface area contributed by atoms with Gasteiger partial charge < -0.3 is 5.11 Å². The molecule has 0 atom stereocenters. The quantitative estimate of drug-likeness (QED) is 0.202. The number of benzene rings is 4. The monoisotopic (exact) mass is 595 g/mol. The van der Waals surface area contributed by atoms with Crippen LogP contribution in [0.5, 0.6) is 5.75 Å². The Bertz CT molecular complexity index is 1990. The fourth-order valence-electron chi connectivity index (χ4n) is 6.08. The average Bonchev–Trinajstić information content (AvgIpc) is 3.35. The SMILES string of the molecule is Cc1cccc(C)c1-n1c(-c2cccc(C(C)(C)C)c2O)nc2c(-c3cccc(-c4ccc([Si](C)(C)C)cn4)c3)cccc21.